The maximum atomic E-state index is 12.4. The number of halogens is 1. The number of likely N-dealkylation sites (N-methyl/N-ethyl adjacent to an activating group) is 1. The number of benzene rings is 2. The van der Waals surface area contributed by atoms with Crippen molar-refractivity contribution in [2.24, 2.45) is 0 Å². The van der Waals surface area contributed by atoms with Crippen LogP contribution in [0.15, 0.2) is 53.0 Å². The summed E-state index contributed by atoms with van der Waals surface area (Å²) in [5, 5.41) is 0. The molecule has 0 fully saturated rings. The first-order chi connectivity index (χ1) is 12.2. The number of nitrogens with zero attached hydrogens (tertiary/aromatic N) is 1. The molecular weight excluding hydrogens is 394 g/mol. The molecule has 140 valence electrons. The van der Waals surface area contributed by atoms with E-state index < -0.39 is 5.60 Å². The molecule has 2 rings (SSSR count). The van der Waals surface area contributed by atoms with Gasteiger partial charge < -0.3 is 14.4 Å². The Balaban J connectivity index is 2.28. The Hall–Kier alpha value is -2.01. The number of hydrogen-bond donors (Lipinski definition) is 0. The van der Waals surface area contributed by atoms with E-state index in [4.69, 9.17) is 9.47 Å². The Kier molecular flexibility index (Phi) is 6.70. The molecule has 0 spiro atoms. The van der Waals surface area contributed by atoms with Gasteiger partial charge in [0, 0.05) is 24.0 Å². The van der Waals surface area contributed by atoms with Crippen molar-refractivity contribution in [3.63, 3.8) is 0 Å². The number of methoxy groups -OCH3 is 1. The minimum atomic E-state index is -0.515. The van der Waals surface area contributed by atoms with Gasteiger partial charge in [-0.1, -0.05) is 40.2 Å². The first-order valence-electron chi connectivity index (χ1n) is 8.53. The lowest BCUT2D eigenvalue weighted by atomic mass is 9.91. The van der Waals surface area contributed by atoms with Gasteiger partial charge in [0.1, 0.15) is 11.4 Å². The van der Waals surface area contributed by atoms with Gasteiger partial charge in [-0.05, 0) is 56.2 Å². The van der Waals surface area contributed by atoms with Gasteiger partial charge in [0.2, 0.25) is 0 Å². The molecule has 0 aliphatic heterocycles. The highest BCUT2D eigenvalue weighted by Gasteiger charge is 2.23. The third-order valence-corrected chi connectivity index (χ3v) is 4.48. The molecule has 1 atom stereocenters. The lowest BCUT2D eigenvalue weighted by Crippen LogP contribution is -2.36. The number of carbonyl (C=O) groups excluding carboxylic acids is 1. The summed E-state index contributed by atoms with van der Waals surface area (Å²) in [5.74, 6) is 0.843. The van der Waals surface area contributed by atoms with E-state index in [1.165, 1.54) is 0 Å². The normalized spacial score (nSPS) is 12.4. The summed E-state index contributed by atoms with van der Waals surface area (Å²) in [4.78, 5) is 14.0. The molecule has 0 saturated heterocycles. The average Bonchev–Trinajstić information content (AvgIpc) is 2.59. The Morgan fingerprint density at radius 3 is 2.00 bits per heavy atom. The summed E-state index contributed by atoms with van der Waals surface area (Å²) in [7, 11) is 3.42. The van der Waals surface area contributed by atoms with Crippen LogP contribution in [0, 0.1) is 0 Å². The van der Waals surface area contributed by atoms with Crippen molar-refractivity contribution < 1.29 is 14.3 Å². The standard InChI is InChI=1S/C21H26BrNO3/c1-21(2,3)26-20(24)23(4)14-19(15-6-10-17(22)11-7-15)16-8-12-18(25-5)13-9-16/h6-13,19H,14H2,1-5H3. The zero-order valence-electron chi connectivity index (χ0n) is 16.0. The third kappa shape index (κ3) is 5.77. The molecule has 5 heteroatoms. The highest BCUT2D eigenvalue weighted by molar-refractivity contribution is 9.10. The predicted molar refractivity (Wildman–Crippen MR) is 108 cm³/mol. The van der Waals surface area contributed by atoms with Crippen molar-refractivity contribution >= 4 is 22.0 Å². The van der Waals surface area contributed by atoms with E-state index >= 15 is 0 Å². The molecule has 0 aliphatic carbocycles. The van der Waals surface area contributed by atoms with Crippen molar-refractivity contribution in [2.45, 2.75) is 32.3 Å². The van der Waals surface area contributed by atoms with E-state index in [1.807, 2.05) is 57.2 Å². The second-order valence-electron chi connectivity index (χ2n) is 7.24. The molecule has 2 aromatic carbocycles. The number of ether oxygens (including phenoxy) is 2. The summed E-state index contributed by atoms with van der Waals surface area (Å²) in [6, 6.07) is 16.1. The number of amides is 1. The summed E-state index contributed by atoms with van der Waals surface area (Å²) < 4.78 is 11.8. The van der Waals surface area contributed by atoms with Crippen LogP contribution in [0.5, 0.6) is 5.75 Å². The maximum Gasteiger partial charge on any atom is 0.410 e. The lowest BCUT2D eigenvalue weighted by molar-refractivity contribution is 0.0294. The Morgan fingerprint density at radius 1 is 1.04 bits per heavy atom. The zero-order valence-corrected chi connectivity index (χ0v) is 17.5. The molecule has 4 nitrogen and oxygen atoms in total. The number of hydrogen-bond acceptors (Lipinski definition) is 3. The van der Waals surface area contributed by atoms with Gasteiger partial charge in [0.05, 0.1) is 7.11 Å². The van der Waals surface area contributed by atoms with Gasteiger partial charge in [-0.25, -0.2) is 4.79 Å². The van der Waals surface area contributed by atoms with Crippen molar-refractivity contribution in [1.82, 2.24) is 4.90 Å². The Morgan fingerprint density at radius 2 is 1.54 bits per heavy atom. The van der Waals surface area contributed by atoms with E-state index in [0.29, 0.717) is 6.54 Å². The van der Waals surface area contributed by atoms with Crippen molar-refractivity contribution in [1.29, 1.82) is 0 Å². The smallest absolute Gasteiger partial charge is 0.410 e. The van der Waals surface area contributed by atoms with Crippen LogP contribution < -0.4 is 4.74 Å². The number of rotatable bonds is 5. The summed E-state index contributed by atoms with van der Waals surface area (Å²) in [6.07, 6.45) is -0.326. The molecule has 0 bridgehead atoms. The van der Waals surface area contributed by atoms with Crippen molar-refractivity contribution in [3.05, 3.63) is 64.1 Å². The van der Waals surface area contributed by atoms with E-state index in [9.17, 15) is 4.79 Å². The minimum absolute atomic E-state index is 0.0338. The Labute approximate surface area is 164 Å². The van der Waals surface area contributed by atoms with E-state index in [0.717, 1.165) is 21.3 Å². The van der Waals surface area contributed by atoms with Crippen molar-refractivity contribution in [3.8, 4) is 5.75 Å². The molecule has 0 saturated carbocycles. The Bertz CT molecular complexity index is 720. The van der Waals surface area contributed by atoms with Gasteiger partial charge in [-0.15, -0.1) is 0 Å². The molecule has 2 aromatic rings. The van der Waals surface area contributed by atoms with Gasteiger partial charge in [0.15, 0.2) is 0 Å². The zero-order chi connectivity index (χ0) is 19.3. The highest BCUT2D eigenvalue weighted by atomic mass is 79.9. The fourth-order valence-corrected chi connectivity index (χ4v) is 2.89. The molecular formula is C21H26BrNO3. The fraction of sp³-hybridized carbons (Fsp3) is 0.381. The molecule has 0 radical (unpaired) electrons. The summed E-state index contributed by atoms with van der Waals surface area (Å²) in [5.41, 5.74) is 1.73. The number of carbonyl (C=O) groups is 1. The SMILES string of the molecule is COc1ccc(C(CN(C)C(=O)OC(C)(C)C)c2ccc(Br)cc2)cc1. The monoisotopic (exact) mass is 419 g/mol. The molecule has 0 heterocycles. The van der Waals surface area contributed by atoms with E-state index in [-0.39, 0.29) is 12.0 Å². The third-order valence-electron chi connectivity index (χ3n) is 3.95. The quantitative estimate of drug-likeness (QED) is 0.645. The molecule has 0 aromatic heterocycles. The first-order valence-corrected chi connectivity index (χ1v) is 9.32. The molecule has 26 heavy (non-hydrogen) atoms. The maximum absolute atomic E-state index is 12.4. The minimum Gasteiger partial charge on any atom is -0.497 e. The highest BCUT2D eigenvalue weighted by Crippen LogP contribution is 2.28. The van der Waals surface area contributed by atoms with Gasteiger partial charge in [-0.2, -0.15) is 0 Å². The van der Waals surface area contributed by atoms with Gasteiger partial charge in [-0.3, -0.25) is 0 Å². The molecule has 0 aliphatic rings. The van der Waals surface area contributed by atoms with Crippen LogP contribution in [0.25, 0.3) is 0 Å². The predicted octanol–water partition coefficient (Wildman–Crippen LogP) is 5.46. The van der Waals surface area contributed by atoms with Crippen LogP contribution in [-0.2, 0) is 4.74 Å². The van der Waals surface area contributed by atoms with Crippen LogP contribution >= 0.6 is 15.9 Å². The topological polar surface area (TPSA) is 38.8 Å². The van der Waals surface area contributed by atoms with E-state index in [2.05, 4.69) is 28.1 Å². The average molecular weight is 420 g/mol. The van der Waals surface area contributed by atoms with Gasteiger partial charge in [0.25, 0.3) is 0 Å². The summed E-state index contributed by atoms with van der Waals surface area (Å²) in [6.45, 7) is 6.13. The largest absolute Gasteiger partial charge is 0.497 e. The van der Waals surface area contributed by atoms with Crippen LogP contribution in [0.3, 0.4) is 0 Å². The van der Waals surface area contributed by atoms with Crippen LogP contribution in [-0.4, -0.2) is 37.3 Å². The molecule has 1 unspecified atom stereocenters. The summed E-state index contributed by atoms with van der Waals surface area (Å²) >= 11 is 3.48. The lowest BCUT2D eigenvalue weighted by Gasteiger charge is -2.28. The van der Waals surface area contributed by atoms with Crippen LogP contribution in [0.1, 0.15) is 37.8 Å². The van der Waals surface area contributed by atoms with Crippen molar-refractivity contribution in [2.75, 3.05) is 20.7 Å². The molecule has 0 N–H and O–H groups in total. The first kappa shape index (κ1) is 20.3. The molecule has 1 amide bonds. The van der Waals surface area contributed by atoms with Crippen LogP contribution in [0.2, 0.25) is 0 Å². The fourth-order valence-electron chi connectivity index (χ4n) is 2.62. The second-order valence-corrected chi connectivity index (χ2v) is 8.15. The van der Waals surface area contributed by atoms with E-state index in [1.54, 1.807) is 19.1 Å². The second kappa shape index (κ2) is 8.58. The van der Waals surface area contributed by atoms with Gasteiger partial charge >= 0.3 is 6.09 Å². The van der Waals surface area contributed by atoms with Crippen LogP contribution in [0.4, 0.5) is 4.79 Å².